The molecule has 1 aliphatic carbocycles. The van der Waals surface area contributed by atoms with Crippen molar-refractivity contribution in [2.45, 2.75) is 30.6 Å². The Morgan fingerprint density at radius 2 is 1.88 bits per heavy atom. The van der Waals surface area contributed by atoms with Crippen molar-refractivity contribution in [3.63, 3.8) is 0 Å². The molecule has 0 radical (unpaired) electrons. The summed E-state index contributed by atoms with van der Waals surface area (Å²) in [5.41, 5.74) is 0. The summed E-state index contributed by atoms with van der Waals surface area (Å²) in [5.74, 6) is 0.273. The van der Waals surface area contributed by atoms with Crippen LogP contribution in [0.4, 0.5) is 0 Å². The second-order valence-electron chi connectivity index (χ2n) is 4.48. The molecule has 0 aliphatic heterocycles. The summed E-state index contributed by atoms with van der Waals surface area (Å²) in [6, 6.07) is 8.43. The molecule has 1 aliphatic rings. The molecule has 1 fully saturated rings. The Kier molecular flexibility index (Phi) is 3.62. The van der Waals surface area contributed by atoms with Crippen molar-refractivity contribution in [3.05, 3.63) is 30.3 Å². The molecule has 0 aromatic heterocycles. The van der Waals surface area contributed by atoms with E-state index in [-0.39, 0.29) is 17.5 Å². The van der Waals surface area contributed by atoms with Crippen molar-refractivity contribution in [2.75, 3.05) is 5.75 Å². The number of benzene rings is 1. The number of carbonyl (C=O) groups excluding carboxylic acids is 1. The number of carbonyl (C=O) groups is 1. The Bertz CT molecular complexity index is 491. The topological polar surface area (TPSA) is 51.2 Å². The number of ketones is 1. The van der Waals surface area contributed by atoms with Gasteiger partial charge in [0.05, 0.1) is 10.6 Å². The zero-order valence-corrected chi connectivity index (χ0v) is 10.4. The molecule has 1 aromatic rings. The third kappa shape index (κ3) is 2.94. The molecule has 0 unspecified atom stereocenters. The summed E-state index contributed by atoms with van der Waals surface area (Å²) in [6.07, 6.45) is 2.85. The minimum Gasteiger partial charge on any atom is -0.299 e. The van der Waals surface area contributed by atoms with Gasteiger partial charge >= 0.3 is 0 Å². The Morgan fingerprint density at radius 1 is 1.18 bits per heavy atom. The minimum absolute atomic E-state index is 0.0338. The molecule has 3 nitrogen and oxygen atoms in total. The number of rotatable bonds is 4. The molecule has 0 amide bonds. The van der Waals surface area contributed by atoms with Crippen molar-refractivity contribution in [2.24, 2.45) is 5.92 Å². The average molecular weight is 252 g/mol. The number of hydrogen-bond donors (Lipinski definition) is 0. The van der Waals surface area contributed by atoms with Gasteiger partial charge in [0, 0.05) is 12.3 Å². The molecular weight excluding hydrogens is 236 g/mol. The van der Waals surface area contributed by atoms with Gasteiger partial charge in [-0.3, -0.25) is 4.79 Å². The van der Waals surface area contributed by atoms with E-state index in [0.29, 0.717) is 17.7 Å². The van der Waals surface area contributed by atoms with E-state index in [9.17, 15) is 13.2 Å². The maximum Gasteiger partial charge on any atom is 0.178 e. The molecule has 0 bridgehead atoms. The fourth-order valence-corrected chi connectivity index (χ4v) is 3.64. The van der Waals surface area contributed by atoms with E-state index in [1.807, 2.05) is 0 Å². The lowest BCUT2D eigenvalue weighted by Gasteiger charge is -2.08. The van der Waals surface area contributed by atoms with Crippen molar-refractivity contribution >= 4 is 15.6 Å². The van der Waals surface area contributed by atoms with Crippen LogP contribution in [0.2, 0.25) is 0 Å². The Balaban J connectivity index is 2.01. The van der Waals surface area contributed by atoms with Crippen LogP contribution in [0.25, 0.3) is 0 Å². The van der Waals surface area contributed by atoms with Crippen LogP contribution < -0.4 is 0 Å². The van der Waals surface area contributed by atoms with Crippen LogP contribution in [-0.2, 0) is 14.6 Å². The van der Waals surface area contributed by atoms with Gasteiger partial charge in [-0.25, -0.2) is 8.42 Å². The van der Waals surface area contributed by atoms with Gasteiger partial charge < -0.3 is 0 Å². The summed E-state index contributed by atoms with van der Waals surface area (Å²) in [6.45, 7) is 0. The van der Waals surface area contributed by atoms with E-state index in [4.69, 9.17) is 0 Å². The average Bonchev–Trinajstić information content (AvgIpc) is 2.74. The summed E-state index contributed by atoms with van der Waals surface area (Å²) in [4.78, 5) is 11.8. The lowest BCUT2D eigenvalue weighted by Crippen LogP contribution is -2.14. The van der Waals surface area contributed by atoms with Crippen molar-refractivity contribution in [1.29, 1.82) is 0 Å². The van der Waals surface area contributed by atoms with E-state index >= 15 is 0 Å². The maximum absolute atomic E-state index is 12.0. The van der Waals surface area contributed by atoms with Crippen LogP contribution in [0.1, 0.15) is 25.7 Å². The molecule has 1 saturated carbocycles. The first-order valence-corrected chi connectivity index (χ1v) is 7.55. The van der Waals surface area contributed by atoms with E-state index in [0.717, 1.165) is 12.8 Å². The van der Waals surface area contributed by atoms with Gasteiger partial charge in [0.2, 0.25) is 0 Å². The van der Waals surface area contributed by atoms with Crippen LogP contribution in [-0.4, -0.2) is 20.0 Å². The van der Waals surface area contributed by atoms with Gasteiger partial charge in [0.15, 0.2) is 9.84 Å². The predicted octanol–water partition coefficient (Wildman–Crippen LogP) is 2.22. The van der Waals surface area contributed by atoms with Crippen LogP contribution >= 0.6 is 0 Å². The van der Waals surface area contributed by atoms with Gasteiger partial charge in [-0.1, -0.05) is 18.2 Å². The van der Waals surface area contributed by atoms with Crippen LogP contribution in [0.3, 0.4) is 0 Å². The molecule has 1 aromatic carbocycles. The maximum atomic E-state index is 12.0. The fourth-order valence-electron chi connectivity index (χ4n) is 2.24. The molecule has 0 spiro atoms. The van der Waals surface area contributed by atoms with E-state index in [1.165, 1.54) is 0 Å². The van der Waals surface area contributed by atoms with Crippen LogP contribution in [0, 0.1) is 5.92 Å². The number of Topliss-reactive ketones (excluding diaryl/α,β-unsaturated/α-hetero) is 1. The molecule has 17 heavy (non-hydrogen) atoms. The lowest BCUT2D eigenvalue weighted by molar-refractivity contribution is -0.120. The van der Waals surface area contributed by atoms with Crippen molar-refractivity contribution < 1.29 is 13.2 Å². The van der Waals surface area contributed by atoms with Gasteiger partial charge in [-0.2, -0.15) is 0 Å². The Labute approximate surface area is 102 Å². The lowest BCUT2D eigenvalue weighted by atomic mass is 10.1. The summed E-state index contributed by atoms with van der Waals surface area (Å²) < 4.78 is 24.0. The third-order valence-electron chi connectivity index (χ3n) is 3.27. The molecule has 0 saturated heterocycles. The van der Waals surface area contributed by atoms with Gasteiger partial charge in [0.1, 0.15) is 5.78 Å². The Morgan fingerprint density at radius 3 is 2.47 bits per heavy atom. The van der Waals surface area contributed by atoms with Gasteiger partial charge in [-0.15, -0.1) is 0 Å². The zero-order valence-electron chi connectivity index (χ0n) is 9.63. The number of sulfone groups is 1. The SMILES string of the molecule is O=C1CCC[C@H]1CCS(=O)(=O)c1ccccc1. The molecule has 2 rings (SSSR count). The minimum atomic E-state index is -3.22. The third-order valence-corrected chi connectivity index (χ3v) is 5.03. The second kappa shape index (κ2) is 5.00. The molecule has 0 N–H and O–H groups in total. The predicted molar refractivity (Wildman–Crippen MR) is 65.5 cm³/mol. The first kappa shape index (κ1) is 12.3. The van der Waals surface area contributed by atoms with E-state index in [2.05, 4.69) is 0 Å². The zero-order chi connectivity index (χ0) is 12.3. The molecule has 1 atom stereocenters. The first-order chi connectivity index (χ1) is 8.09. The number of hydrogen-bond acceptors (Lipinski definition) is 3. The van der Waals surface area contributed by atoms with Crippen LogP contribution in [0.5, 0.6) is 0 Å². The molecule has 0 heterocycles. The summed E-state index contributed by atoms with van der Waals surface area (Å²) in [5, 5.41) is 0. The quantitative estimate of drug-likeness (QED) is 0.825. The standard InChI is InChI=1S/C13H16O3S/c14-13-8-4-5-11(13)9-10-17(15,16)12-6-2-1-3-7-12/h1-3,6-7,11H,4-5,8-10H2/t11-/m0/s1. The summed E-state index contributed by atoms with van der Waals surface area (Å²) >= 11 is 0. The molecular formula is C13H16O3S. The van der Waals surface area contributed by atoms with Crippen molar-refractivity contribution in [3.8, 4) is 0 Å². The second-order valence-corrected chi connectivity index (χ2v) is 6.59. The highest BCUT2D eigenvalue weighted by atomic mass is 32.2. The largest absolute Gasteiger partial charge is 0.299 e. The highest BCUT2D eigenvalue weighted by Gasteiger charge is 2.26. The van der Waals surface area contributed by atoms with Gasteiger partial charge in [-0.05, 0) is 31.4 Å². The normalized spacial score (nSPS) is 20.7. The highest BCUT2D eigenvalue weighted by molar-refractivity contribution is 7.91. The van der Waals surface area contributed by atoms with E-state index in [1.54, 1.807) is 30.3 Å². The van der Waals surface area contributed by atoms with E-state index < -0.39 is 9.84 Å². The Hall–Kier alpha value is -1.16. The summed E-state index contributed by atoms with van der Waals surface area (Å²) in [7, 11) is -3.22. The van der Waals surface area contributed by atoms with Gasteiger partial charge in [0.25, 0.3) is 0 Å². The monoisotopic (exact) mass is 252 g/mol. The molecule has 92 valence electrons. The fraction of sp³-hybridized carbons (Fsp3) is 0.462. The smallest absolute Gasteiger partial charge is 0.178 e. The van der Waals surface area contributed by atoms with Crippen molar-refractivity contribution in [1.82, 2.24) is 0 Å². The highest BCUT2D eigenvalue weighted by Crippen LogP contribution is 2.25. The first-order valence-electron chi connectivity index (χ1n) is 5.90. The molecule has 4 heteroatoms. The van der Waals surface area contributed by atoms with Crippen LogP contribution in [0.15, 0.2) is 35.2 Å².